The van der Waals surface area contributed by atoms with Gasteiger partial charge in [0.25, 0.3) is 0 Å². The van der Waals surface area contributed by atoms with Gasteiger partial charge in [-0.1, -0.05) is 130 Å². The summed E-state index contributed by atoms with van der Waals surface area (Å²) >= 11 is 0. The number of aryl methyl sites for hydroxylation is 4. The van der Waals surface area contributed by atoms with E-state index in [1.54, 1.807) is 0 Å². The van der Waals surface area contributed by atoms with Crippen LogP contribution in [0.15, 0.2) is 97.1 Å². The number of benzene rings is 6. The van der Waals surface area contributed by atoms with E-state index in [-0.39, 0.29) is 61.7 Å². The lowest BCUT2D eigenvalue weighted by atomic mass is 9.78. The summed E-state index contributed by atoms with van der Waals surface area (Å²) in [6.45, 7) is 24.2. The SMILES string of the molecule is CCCc1cc(OCC(O)COc2cc(CCC)c(C(c3ccc(C(C)C)cc3)c3cc(OCC4CO4)c(OCC4CO4)cc3CCC)cc2OCC2CO2)c(OCC2CO2)cc1C(c1ccc(C(C)C)cc1)c1cc(OCC2CO2)c(OCC2CO2)cc1CCC. The van der Waals surface area contributed by atoms with Crippen molar-refractivity contribution in [1.82, 2.24) is 0 Å². The fourth-order valence-corrected chi connectivity index (χ4v) is 12.1. The van der Waals surface area contributed by atoms with Crippen LogP contribution in [0.5, 0.6) is 46.0 Å². The normalized spacial score (nSPS) is 20.9. The van der Waals surface area contributed by atoms with Crippen molar-refractivity contribution in [2.75, 3.05) is 92.5 Å². The highest BCUT2D eigenvalue weighted by atomic mass is 16.6. The zero-order valence-corrected chi connectivity index (χ0v) is 55.3. The second-order valence-corrected chi connectivity index (χ2v) is 26.4. The molecule has 0 spiro atoms. The molecule has 1 N–H and O–H groups in total. The summed E-state index contributed by atoms with van der Waals surface area (Å²) in [5.41, 5.74) is 13.9. The van der Waals surface area contributed by atoms with Crippen LogP contribution in [-0.4, -0.2) is 140 Å². The van der Waals surface area contributed by atoms with Crippen molar-refractivity contribution in [1.29, 1.82) is 0 Å². The molecule has 6 heterocycles. The summed E-state index contributed by atoms with van der Waals surface area (Å²) in [5.74, 6) is 5.35. The van der Waals surface area contributed by atoms with Crippen LogP contribution < -0.4 is 37.9 Å². The van der Waals surface area contributed by atoms with Crippen LogP contribution in [0.2, 0.25) is 0 Å². The summed E-state index contributed by atoms with van der Waals surface area (Å²) in [4.78, 5) is 0. The van der Waals surface area contributed by atoms with Gasteiger partial charge in [-0.05, 0) is 153 Å². The van der Waals surface area contributed by atoms with E-state index in [1.807, 2.05) is 0 Å². The molecular formula is C77H96O15. The number of epoxide rings is 6. The fraction of sp³-hybridized carbons (Fsp3) is 0.532. The third-order valence-corrected chi connectivity index (χ3v) is 17.8. The van der Waals surface area contributed by atoms with Gasteiger partial charge in [0.2, 0.25) is 0 Å². The maximum atomic E-state index is 12.1. The lowest BCUT2D eigenvalue weighted by Crippen LogP contribution is -2.25. The van der Waals surface area contributed by atoms with Gasteiger partial charge in [-0.25, -0.2) is 0 Å². The Hall–Kier alpha value is -6.56. The lowest BCUT2D eigenvalue weighted by Gasteiger charge is -2.28. The molecule has 8 atom stereocenters. The predicted molar refractivity (Wildman–Crippen MR) is 353 cm³/mol. The Labute approximate surface area is 544 Å². The molecule has 92 heavy (non-hydrogen) atoms. The minimum Gasteiger partial charge on any atom is -0.487 e. The van der Waals surface area contributed by atoms with Gasteiger partial charge < -0.3 is 71.4 Å². The van der Waals surface area contributed by atoms with E-state index in [1.165, 1.54) is 22.3 Å². The van der Waals surface area contributed by atoms with E-state index in [2.05, 4.69) is 152 Å². The average Bonchev–Trinajstić information content (AvgIpc) is 1.70. The zero-order chi connectivity index (χ0) is 63.7. The second kappa shape index (κ2) is 30.7. The molecule has 0 aliphatic carbocycles. The number of hydrogen-bond donors (Lipinski definition) is 1. The van der Waals surface area contributed by atoms with Gasteiger partial charge in [0.05, 0.1) is 39.6 Å². The number of hydrogen-bond acceptors (Lipinski definition) is 15. The molecule has 0 aromatic heterocycles. The average molecular weight is 1260 g/mol. The third-order valence-electron chi connectivity index (χ3n) is 17.8. The fourth-order valence-electron chi connectivity index (χ4n) is 12.1. The van der Waals surface area contributed by atoms with Crippen molar-refractivity contribution in [3.63, 3.8) is 0 Å². The molecule has 0 radical (unpaired) electrons. The Morgan fingerprint density at radius 1 is 0.326 bits per heavy atom. The van der Waals surface area contributed by atoms with Crippen molar-refractivity contribution < 1.29 is 71.4 Å². The Morgan fingerprint density at radius 3 is 0.739 bits per heavy atom. The Bertz CT molecular complexity index is 3150. The quantitative estimate of drug-likeness (QED) is 0.0285. The Balaban J connectivity index is 0.871. The third kappa shape index (κ3) is 17.6. The van der Waals surface area contributed by atoms with Crippen molar-refractivity contribution in [3.05, 3.63) is 164 Å². The molecular weight excluding hydrogens is 1160 g/mol. The van der Waals surface area contributed by atoms with Crippen LogP contribution in [0.3, 0.4) is 0 Å². The van der Waals surface area contributed by atoms with Crippen LogP contribution >= 0.6 is 0 Å². The molecule has 8 unspecified atom stereocenters. The van der Waals surface area contributed by atoms with E-state index in [0.717, 1.165) is 95.9 Å². The van der Waals surface area contributed by atoms with Crippen LogP contribution in [0.4, 0.5) is 0 Å². The molecule has 0 bridgehead atoms. The summed E-state index contributed by atoms with van der Waals surface area (Å²) in [6.07, 6.45) is 6.07. The van der Waals surface area contributed by atoms with Gasteiger partial charge in [0.1, 0.15) is 95.6 Å². The molecule has 6 fully saturated rings. The maximum Gasteiger partial charge on any atom is 0.161 e. The first kappa shape index (κ1) is 65.5. The highest BCUT2D eigenvalue weighted by Crippen LogP contribution is 2.48. The number of ether oxygens (including phenoxy) is 14. The van der Waals surface area contributed by atoms with E-state index >= 15 is 0 Å². The van der Waals surface area contributed by atoms with Crippen molar-refractivity contribution >= 4 is 0 Å². The molecule has 15 nitrogen and oxygen atoms in total. The minimum atomic E-state index is -1.04. The lowest BCUT2D eigenvalue weighted by molar-refractivity contribution is 0.0598. The van der Waals surface area contributed by atoms with Crippen LogP contribution in [-0.2, 0) is 54.1 Å². The minimum absolute atomic E-state index is 0.0162. The summed E-state index contributed by atoms with van der Waals surface area (Å²) in [6, 6.07) is 35.5. The molecule has 6 aromatic carbocycles. The van der Waals surface area contributed by atoms with Gasteiger partial charge >= 0.3 is 0 Å². The molecule has 0 amide bonds. The van der Waals surface area contributed by atoms with E-state index in [9.17, 15) is 5.11 Å². The topological polar surface area (TPSA) is 169 Å². The predicted octanol–water partition coefficient (Wildman–Crippen LogP) is 13.6. The van der Waals surface area contributed by atoms with Gasteiger partial charge in [0, 0.05) is 11.8 Å². The first-order valence-corrected chi connectivity index (χ1v) is 34.2. The summed E-state index contributed by atoms with van der Waals surface area (Å²) < 4.78 is 86.9. The summed E-state index contributed by atoms with van der Waals surface area (Å²) in [7, 11) is 0. The van der Waals surface area contributed by atoms with Gasteiger partial charge in [-0.2, -0.15) is 0 Å². The smallest absolute Gasteiger partial charge is 0.161 e. The molecule has 12 rings (SSSR count). The molecule has 0 saturated carbocycles. The van der Waals surface area contributed by atoms with Crippen LogP contribution in [0.1, 0.15) is 172 Å². The largest absolute Gasteiger partial charge is 0.487 e. The van der Waals surface area contributed by atoms with E-state index in [0.29, 0.717) is 137 Å². The van der Waals surface area contributed by atoms with Gasteiger partial charge in [-0.15, -0.1) is 0 Å². The number of rotatable bonds is 40. The van der Waals surface area contributed by atoms with Gasteiger partial charge in [0.15, 0.2) is 46.0 Å². The monoisotopic (exact) mass is 1260 g/mol. The Kier molecular flexibility index (Phi) is 21.8. The van der Waals surface area contributed by atoms with E-state index in [4.69, 9.17) is 66.3 Å². The zero-order valence-electron chi connectivity index (χ0n) is 55.3. The first-order valence-electron chi connectivity index (χ1n) is 34.2. The molecule has 6 aliphatic rings. The van der Waals surface area contributed by atoms with E-state index < -0.39 is 6.10 Å². The van der Waals surface area contributed by atoms with Crippen molar-refractivity contribution in [3.8, 4) is 46.0 Å². The maximum absolute atomic E-state index is 12.1. The standard InChI is InChI=1S/C77H96O15/c1-9-13-53-25-68(72(89-43-60-37-81-60)29-64(53)76(51-21-17-49(18-22-51)47(5)6)66-31-74(91-45-62-39-83-62)70(27-55(66)15-11-3)87-41-58-35-79-58)85-33-57(78)34-86-69-26-54(14-10-2)65(30-73(69)90-44-61-38-82-61)77(52-23-19-50(20-24-52)48(7)8)67-32-75(92-46-63-40-84-63)71(28-56(67)16-12-4)88-42-59-36-80-59/h17-32,47-48,57-63,76-78H,9-16,33-46H2,1-8H3. The molecule has 15 heteroatoms. The number of aliphatic hydroxyl groups excluding tert-OH is 1. The first-order chi connectivity index (χ1) is 44.9. The van der Waals surface area contributed by atoms with Crippen molar-refractivity contribution in [2.45, 2.75) is 173 Å². The summed E-state index contributed by atoms with van der Waals surface area (Å²) in [5, 5.41) is 12.1. The van der Waals surface area contributed by atoms with Crippen molar-refractivity contribution in [2.24, 2.45) is 0 Å². The Morgan fingerprint density at radius 2 is 0.533 bits per heavy atom. The second-order valence-electron chi connectivity index (χ2n) is 26.4. The van der Waals surface area contributed by atoms with Gasteiger partial charge in [-0.3, -0.25) is 0 Å². The molecule has 494 valence electrons. The molecule has 6 aliphatic heterocycles. The van der Waals surface area contributed by atoms with Crippen LogP contribution in [0.25, 0.3) is 0 Å². The highest BCUT2D eigenvalue weighted by Gasteiger charge is 2.34. The highest BCUT2D eigenvalue weighted by molar-refractivity contribution is 5.61. The number of aliphatic hydroxyl groups is 1. The molecule has 6 aromatic rings. The van der Waals surface area contributed by atoms with Crippen LogP contribution in [0, 0.1) is 0 Å². The molecule has 6 saturated heterocycles.